The molecule has 2 radical (unpaired) electrons. The molecule has 1 aromatic carbocycles. The molecule has 0 aliphatic carbocycles. The standard InChI is InChI=1S/C9H6BClN2/c10-5-8-9(11)13-7-4-2-1-3-6(7)12-8/h1-4H,5H2. The number of para-hydroxylation sites is 2. The van der Waals surface area contributed by atoms with Gasteiger partial charge in [0, 0.05) is 0 Å². The van der Waals surface area contributed by atoms with Gasteiger partial charge in [0.1, 0.15) is 5.15 Å². The monoisotopic (exact) mass is 188 g/mol. The van der Waals surface area contributed by atoms with Gasteiger partial charge in [0.05, 0.1) is 24.6 Å². The average Bonchev–Trinajstić information content (AvgIpc) is 2.17. The van der Waals surface area contributed by atoms with E-state index >= 15 is 0 Å². The minimum Gasteiger partial charge on any atom is -0.249 e. The first-order valence-corrected chi connectivity index (χ1v) is 4.30. The van der Waals surface area contributed by atoms with Gasteiger partial charge in [-0.3, -0.25) is 0 Å². The van der Waals surface area contributed by atoms with Crippen LogP contribution in [0.25, 0.3) is 11.0 Å². The van der Waals surface area contributed by atoms with E-state index < -0.39 is 0 Å². The second-order valence-electron chi connectivity index (χ2n) is 2.65. The number of hydrogen-bond donors (Lipinski definition) is 0. The van der Waals surface area contributed by atoms with E-state index in [0.717, 1.165) is 11.0 Å². The maximum Gasteiger partial charge on any atom is 0.150 e. The van der Waals surface area contributed by atoms with Crippen LogP contribution < -0.4 is 0 Å². The van der Waals surface area contributed by atoms with Gasteiger partial charge in [-0.25, -0.2) is 9.97 Å². The summed E-state index contributed by atoms with van der Waals surface area (Å²) in [6, 6.07) is 7.56. The van der Waals surface area contributed by atoms with Crippen LogP contribution in [0.15, 0.2) is 24.3 Å². The fourth-order valence-electron chi connectivity index (χ4n) is 1.14. The highest BCUT2D eigenvalue weighted by Crippen LogP contribution is 2.16. The van der Waals surface area contributed by atoms with Crippen molar-refractivity contribution in [1.82, 2.24) is 9.97 Å². The van der Waals surface area contributed by atoms with Crippen molar-refractivity contribution in [3.8, 4) is 0 Å². The van der Waals surface area contributed by atoms with Crippen LogP contribution in [0.1, 0.15) is 5.69 Å². The lowest BCUT2D eigenvalue weighted by molar-refractivity contribution is 1.16. The van der Waals surface area contributed by atoms with Crippen molar-refractivity contribution in [2.24, 2.45) is 0 Å². The lowest BCUT2D eigenvalue weighted by Gasteiger charge is -2.01. The van der Waals surface area contributed by atoms with E-state index in [2.05, 4.69) is 9.97 Å². The molecular formula is C9H6BClN2. The first-order chi connectivity index (χ1) is 6.31. The molecule has 0 aliphatic heterocycles. The van der Waals surface area contributed by atoms with E-state index in [-0.39, 0.29) is 0 Å². The highest BCUT2D eigenvalue weighted by molar-refractivity contribution is 6.30. The summed E-state index contributed by atoms with van der Waals surface area (Å²) in [6.07, 6.45) is 0.316. The highest BCUT2D eigenvalue weighted by Gasteiger charge is 2.03. The summed E-state index contributed by atoms with van der Waals surface area (Å²) in [5, 5.41) is 0.390. The predicted molar refractivity (Wildman–Crippen MR) is 54.0 cm³/mol. The molecule has 62 valence electrons. The predicted octanol–water partition coefficient (Wildman–Crippen LogP) is 1.95. The Balaban J connectivity index is 2.74. The summed E-state index contributed by atoms with van der Waals surface area (Å²) in [4.78, 5) is 8.44. The Bertz CT molecular complexity index is 445. The molecule has 0 fully saturated rings. The third kappa shape index (κ3) is 1.52. The largest absolute Gasteiger partial charge is 0.249 e. The number of fused-ring (bicyclic) bond motifs is 1. The number of aromatic nitrogens is 2. The van der Waals surface area contributed by atoms with Crippen LogP contribution in [-0.2, 0) is 6.32 Å². The Morgan fingerprint density at radius 1 is 1.15 bits per heavy atom. The molecule has 4 heteroatoms. The molecule has 0 unspecified atom stereocenters. The first-order valence-electron chi connectivity index (χ1n) is 3.92. The zero-order chi connectivity index (χ0) is 9.26. The summed E-state index contributed by atoms with van der Waals surface area (Å²) in [6.45, 7) is 0. The van der Waals surface area contributed by atoms with E-state index in [9.17, 15) is 0 Å². The molecule has 13 heavy (non-hydrogen) atoms. The number of halogens is 1. The Labute approximate surface area is 82.4 Å². The molecule has 0 spiro atoms. The van der Waals surface area contributed by atoms with Crippen molar-refractivity contribution in [1.29, 1.82) is 0 Å². The molecule has 0 atom stereocenters. The van der Waals surface area contributed by atoms with Crippen LogP contribution in [0.2, 0.25) is 5.15 Å². The quantitative estimate of drug-likeness (QED) is 0.639. The Hall–Kier alpha value is -1.09. The second-order valence-corrected chi connectivity index (χ2v) is 3.01. The maximum atomic E-state index is 5.85. The van der Waals surface area contributed by atoms with E-state index in [4.69, 9.17) is 19.4 Å². The second kappa shape index (κ2) is 3.34. The maximum absolute atomic E-state index is 5.85. The Morgan fingerprint density at radius 2 is 1.77 bits per heavy atom. The Morgan fingerprint density at radius 3 is 2.38 bits per heavy atom. The first kappa shape index (κ1) is 8.51. The number of hydrogen-bond acceptors (Lipinski definition) is 2. The topological polar surface area (TPSA) is 25.8 Å². The van der Waals surface area contributed by atoms with Gasteiger partial charge in [0.25, 0.3) is 0 Å². The zero-order valence-corrected chi connectivity index (χ0v) is 7.62. The minimum absolute atomic E-state index is 0.316. The molecule has 2 nitrogen and oxygen atoms in total. The summed E-state index contributed by atoms with van der Waals surface area (Å²) < 4.78 is 0. The van der Waals surface area contributed by atoms with Gasteiger partial charge in [0.15, 0.2) is 0 Å². The lowest BCUT2D eigenvalue weighted by Crippen LogP contribution is -1.94. The van der Waals surface area contributed by atoms with Crippen LogP contribution >= 0.6 is 11.6 Å². The molecule has 1 heterocycles. The minimum atomic E-state index is 0.316. The van der Waals surface area contributed by atoms with Crippen LogP contribution in [0.5, 0.6) is 0 Å². The van der Waals surface area contributed by atoms with Gasteiger partial charge in [-0.1, -0.05) is 23.7 Å². The molecule has 0 saturated heterocycles. The molecule has 0 aliphatic rings. The molecule has 0 bridgehead atoms. The van der Waals surface area contributed by atoms with Crippen molar-refractivity contribution < 1.29 is 0 Å². The van der Waals surface area contributed by atoms with Crippen LogP contribution in [-0.4, -0.2) is 17.8 Å². The van der Waals surface area contributed by atoms with E-state index in [1.54, 1.807) is 0 Å². The molecule has 2 rings (SSSR count). The highest BCUT2D eigenvalue weighted by atomic mass is 35.5. The van der Waals surface area contributed by atoms with Crippen LogP contribution in [0.4, 0.5) is 0 Å². The third-order valence-corrected chi connectivity index (χ3v) is 2.09. The smallest absolute Gasteiger partial charge is 0.150 e. The lowest BCUT2D eigenvalue weighted by atomic mass is 10.0. The summed E-state index contributed by atoms with van der Waals surface area (Å²) in [5.74, 6) is 0. The molecule has 2 aromatic rings. The van der Waals surface area contributed by atoms with Crippen molar-refractivity contribution in [3.63, 3.8) is 0 Å². The molecule has 0 N–H and O–H groups in total. The van der Waals surface area contributed by atoms with Crippen LogP contribution in [0.3, 0.4) is 0 Å². The molecule has 1 aromatic heterocycles. The van der Waals surface area contributed by atoms with Gasteiger partial charge in [0.2, 0.25) is 0 Å². The summed E-state index contributed by atoms with van der Waals surface area (Å²) in [5.41, 5.74) is 2.26. The number of rotatable bonds is 1. The van der Waals surface area contributed by atoms with Gasteiger partial charge >= 0.3 is 0 Å². The van der Waals surface area contributed by atoms with Crippen LogP contribution in [0, 0.1) is 0 Å². The fraction of sp³-hybridized carbons (Fsp3) is 0.111. The van der Waals surface area contributed by atoms with Gasteiger partial charge in [-0.2, -0.15) is 0 Å². The summed E-state index contributed by atoms with van der Waals surface area (Å²) >= 11 is 5.85. The number of nitrogens with zero attached hydrogens (tertiary/aromatic N) is 2. The molecule has 0 saturated carbocycles. The van der Waals surface area contributed by atoms with E-state index in [0.29, 0.717) is 17.2 Å². The Kier molecular flexibility index (Phi) is 2.19. The number of benzene rings is 1. The van der Waals surface area contributed by atoms with Gasteiger partial charge in [-0.05, 0) is 18.5 Å². The fourth-order valence-corrected chi connectivity index (χ4v) is 1.36. The van der Waals surface area contributed by atoms with Crippen molar-refractivity contribution in [3.05, 3.63) is 35.1 Å². The molecular weight excluding hydrogens is 182 g/mol. The molecule has 0 amide bonds. The average molecular weight is 188 g/mol. The van der Waals surface area contributed by atoms with Gasteiger partial charge < -0.3 is 0 Å². The normalized spacial score (nSPS) is 10.5. The zero-order valence-electron chi connectivity index (χ0n) is 6.87. The third-order valence-electron chi connectivity index (χ3n) is 1.79. The van der Waals surface area contributed by atoms with Crippen molar-refractivity contribution >= 4 is 30.5 Å². The van der Waals surface area contributed by atoms with E-state index in [1.807, 2.05) is 24.3 Å². The van der Waals surface area contributed by atoms with E-state index in [1.165, 1.54) is 0 Å². The summed E-state index contributed by atoms with van der Waals surface area (Å²) in [7, 11) is 5.45. The van der Waals surface area contributed by atoms with Crippen molar-refractivity contribution in [2.45, 2.75) is 6.32 Å². The SMILES string of the molecule is [B]Cc1nc2ccccc2nc1Cl. The van der Waals surface area contributed by atoms with Crippen molar-refractivity contribution in [2.75, 3.05) is 0 Å². The van der Waals surface area contributed by atoms with Gasteiger partial charge in [-0.15, -0.1) is 0 Å².